The third-order valence-corrected chi connectivity index (χ3v) is 5.69. The van der Waals surface area contributed by atoms with E-state index in [2.05, 4.69) is 0 Å². The second-order valence-corrected chi connectivity index (χ2v) is 7.41. The monoisotopic (exact) mass is 422 g/mol. The molecule has 6 heteroatoms. The molecule has 0 aliphatic carbocycles. The van der Waals surface area contributed by atoms with Crippen LogP contribution in [-0.4, -0.2) is 40.3 Å². The molecule has 1 saturated heterocycles. The Morgan fingerprint density at radius 1 is 0.935 bits per heavy atom. The Morgan fingerprint density at radius 3 is 2.23 bits per heavy atom. The number of hydrogen-bond acceptors (Lipinski definition) is 6. The van der Waals surface area contributed by atoms with Gasteiger partial charge >= 0.3 is 0 Å². The molecule has 162 valence electrons. The van der Waals surface area contributed by atoms with Gasteiger partial charge < -0.3 is 23.4 Å². The van der Waals surface area contributed by atoms with Crippen LogP contribution in [0, 0.1) is 0 Å². The molecule has 0 unspecified atom stereocenters. The molecular formula is C25H26O6. The number of methoxy groups -OCH3 is 3. The fourth-order valence-corrected chi connectivity index (χ4v) is 4.08. The molecule has 2 heterocycles. The summed E-state index contributed by atoms with van der Waals surface area (Å²) in [6.07, 6.45) is 3.40. The van der Waals surface area contributed by atoms with Crippen LogP contribution in [0.5, 0.6) is 17.2 Å². The molecule has 0 amide bonds. The van der Waals surface area contributed by atoms with Crippen molar-refractivity contribution in [3.8, 4) is 28.6 Å². The highest BCUT2D eigenvalue weighted by molar-refractivity contribution is 6.11. The van der Waals surface area contributed by atoms with E-state index in [1.807, 2.05) is 30.3 Å². The van der Waals surface area contributed by atoms with E-state index in [1.165, 1.54) is 21.3 Å². The van der Waals surface area contributed by atoms with Crippen molar-refractivity contribution in [3.05, 3.63) is 65.4 Å². The molecule has 1 aliphatic rings. The molecule has 6 nitrogen and oxygen atoms in total. The van der Waals surface area contributed by atoms with Gasteiger partial charge in [0.05, 0.1) is 27.6 Å². The van der Waals surface area contributed by atoms with Crippen LogP contribution in [0.4, 0.5) is 0 Å². The molecule has 1 aromatic heterocycles. The number of rotatable bonds is 7. The van der Waals surface area contributed by atoms with Gasteiger partial charge in [-0.2, -0.15) is 0 Å². The van der Waals surface area contributed by atoms with Crippen molar-refractivity contribution in [3.63, 3.8) is 0 Å². The third-order valence-electron chi connectivity index (χ3n) is 5.69. The van der Waals surface area contributed by atoms with Crippen molar-refractivity contribution in [2.24, 2.45) is 0 Å². The van der Waals surface area contributed by atoms with Gasteiger partial charge in [0.15, 0.2) is 17.3 Å². The smallest absolute Gasteiger partial charge is 0.203 e. The van der Waals surface area contributed by atoms with Gasteiger partial charge in [0, 0.05) is 29.9 Å². The normalized spacial score (nSPS) is 14.3. The zero-order chi connectivity index (χ0) is 21.8. The molecule has 31 heavy (non-hydrogen) atoms. The van der Waals surface area contributed by atoms with E-state index in [1.54, 1.807) is 18.4 Å². The lowest BCUT2D eigenvalue weighted by Crippen LogP contribution is -2.17. The van der Waals surface area contributed by atoms with Gasteiger partial charge in [-0.3, -0.25) is 4.79 Å². The molecule has 1 fully saturated rings. The summed E-state index contributed by atoms with van der Waals surface area (Å²) < 4.78 is 27.4. The van der Waals surface area contributed by atoms with Crippen LogP contribution >= 0.6 is 0 Å². The van der Waals surface area contributed by atoms with Crippen LogP contribution in [0.1, 0.15) is 40.2 Å². The average Bonchev–Trinajstić information content (AvgIpc) is 3.38. The van der Waals surface area contributed by atoms with Gasteiger partial charge in [-0.1, -0.05) is 12.1 Å². The summed E-state index contributed by atoms with van der Waals surface area (Å²) in [6, 6.07) is 13.1. The van der Waals surface area contributed by atoms with Gasteiger partial charge in [-0.25, -0.2) is 0 Å². The maximum absolute atomic E-state index is 13.8. The van der Waals surface area contributed by atoms with E-state index >= 15 is 0 Å². The Bertz CT molecular complexity index is 1020. The van der Waals surface area contributed by atoms with Crippen LogP contribution in [-0.2, 0) is 4.74 Å². The topological polar surface area (TPSA) is 67.1 Å². The molecule has 0 bridgehead atoms. The minimum atomic E-state index is -0.103. The standard InChI is InChI=1S/C25H26O6/c1-27-22-14-18(15-23(28-2)25(22)29-3)24(26)20-13-17(21-5-4-10-31-21)6-7-19(20)16-8-11-30-12-9-16/h4-7,10,13-16H,8-9,11-12H2,1-3H3. The summed E-state index contributed by atoms with van der Waals surface area (Å²) in [5.74, 6) is 2.22. The highest BCUT2D eigenvalue weighted by atomic mass is 16.5. The zero-order valence-electron chi connectivity index (χ0n) is 18.0. The van der Waals surface area contributed by atoms with Crippen molar-refractivity contribution >= 4 is 5.78 Å². The number of hydrogen-bond donors (Lipinski definition) is 0. The van der Waals surface area contributed by atoms with Gasteiger partial charge in [-0.15, -0.1) is 0 Å². The minimum absolute atomic E-state index is 0.103. The largest absolute Gasteiger partial charge is 0.493 e. The van der Waals surface area contributed by atoms with Crippen LogP contribution in [0.15, 0.2) is 53.1 Å². The van der Waals surface area contributed by atoms with Gasteiger partial charge in [0.25, 0.3) is 0 Å². The van der Waals surface area contributed by atoms with E-state index in [-0.39, 0.29) is 11.7 Å². The maximum Gasteiger partial charge on any atom is 0.203 e. The van der Waals surface area contributed by atoms with Gasteiger partial charge in [-0.05, 0) is 54.7 Å². The van der Waals surface area contributed by atoms with Crippen molar-refractivity contribution in [1.82, 2.24) is 0 Å². The third kappa shape index (κ3) is 4.16. The predicted octanol–water partition coefficient (Wildman–Crippen LogP) is 5.10. The first-order valence-electron chi connectivity index (χ1n) is 10.3. The fraction of sp³-hybridized carbons (Fsp3) is 0.320. The lowest BCUT2D eigenvalue weighted by atomic mass is 9.84. The first-order valence-corrected chi connectivity index (χ1v) is 10.3. The Balaban J connectivity index is 1.83. The first kappa shape index (κ1) is 21.0. The Hall–Kier alpha value is -3.25. The SMILES string of the molecule is COc1cc(C(=O)c2cc(-c3ccco3)ccc2C2CCOCC2)cc(OC)c1OC. The molecule has 0 spiro atoms. The Labute approximate surface area is 181 Å². The van der Waals surface area contributed by atoms with E-state index < -0.39 is 0 Å². The number of carbonyl (C=O) groups is 1. The summed E-state index contributed by atoms with van der Waals surface area (Å²) >= 11 is 0. The molecule has 0 saturated carbocycles. The number of ether oxygens (including phenoxy) is 4. The lowest BCUT2D eigenvalue weighted by Gasteiger charge is -2.25. The average molecular weight is 422 g/mol. The summed E-state index contributed by atoms with van der Waals surface area (Å²) in [7, 11) is 4.62. The van der Waals surface area contributed by atoms with Crippen molar-refractivity contribution in [2.75, 3.05) is 34.5 Å². The summed E-state index contributed by atoms with van der Waals surface area (Å²) in [5, 5.41) is 0. The molecule has 0 N–H and O–H groups in total. The van der Waals surface area contributed by atoms with E-state index in [9.17, 15) is 4.79 Å². The molecule has 3 aromatic rings. The van der Waals surface area contributed by atoms with Crippen molar-refractivity contribution in [2.45, 2.75) is 18.8 Å². The molecular weight excluding hydrogens is 396 g/mol. The number of carbonyl (C=O) groups excluding carboxylic acids is 1. The number of furan rings is 1. The second-order valence-electron chi connectivity index (χ2n) is 7.41. The summed E-state index contributed by atoms with van der Waals surface area (Å²) in [4.78, 5) is 13.8. The first-order chi connectivity index (χ1) is 15.2. The zero-order valence-corrected chi connectivity index (χ0v) is 18.0. The van der Waals surface area contributed by atoms with E-state index in [4.69, 9.17) is 23.4 Å². The predicted molar refractivity (Wildman–Crippen MR) is 116 cm³/mol. The van der Waals surface area contributed by atoms with Crippen LogP contribution < -0.4 is 14.2 Å². The Morgan fingerprint density at radius 2 is 1.65 bits per heavy atom. The minimum Gasteiger partial charge on any atom is -0.493 e. The maximum atomic E-state index is 13.8. The number of ketones is 1. The van der Waals surface area contributed by atoms with Crippen LogP contribution in [0.3, 0.4) is 0 Å². The van der Waals surface area contributed by atoms with Crippen LogP contribution in [0.25, 0.3) is 11.3 Å². The molecule has 4 rings (SSSR count). The van der Waals surface area contributed by atoms with Gasteiger partial charge in [0.1, 0.15) is 5.76 Å². The summed E-state index contributed by atoms with van der Waals surface area (Å²) in [6.45, 7) is 1.39. The lowest BCUT2D eigenvalue weighted by molar-refractivity contribution is 0.0847. The second kappa shape index (κ2) is 9.27. The molecule has 0 atom stereocenters. The quantitative estimate of drug-likeness (QED) is 0.494. The molecule has 1 aliphatic heterocycles. The van der Waals surface area contributed by atoms with E-state index in [0.29, 0.717) is 41.6 Å². The highest BCUT2D eigenvalue weighted by Gasteiger charge is 2.25. The number of benzene rings is 2. The fourth-order valence-electron chi connectivity index (χ4n) is 4.08. The summed E-state index contributed by atoms with van der Waals surface area (Å²) in [5.41, 5.74) is 3.00. The van der Waals surface area contributed by atoms with Crippen LogP contribution in [0.2, 0.25) is 0 Å². The van der Waals surface area contributed by atoms with Gasteiger partial charge in [0.2, 0.25) is 5.75 Å². The van der Waals surface area contributed by atoms with Crippen molar-refractivity contribution < 1.29 is 28.2 Å². The highest BCUT2D eigenvalue weighted by Crippen LogP contribution is 2.40. The van der Waals surface area contributed by atoms with E-state index in [0.717, 1.165) is 29.7 Å². The molecule has 0 radical (unpaired) electrons. The molecule has 2 aromatic carbocycles. The Kier molecular flexibility index (Phi) is 6.28. The van der Waals surface area contributed by atoms with Crippen molar-refractivity contribution in [1.29, 1.82) is 0 Å².